The van der Waals surface area contributed by atoms with Crippen molar-refractivity contribution in [1.82, 2.24) is 0 Å². The van der Waals surface area contributed by atoms with E-state index in [9.17, 15) is 0 Å². The fourth-order valence-electron chi connectivity index (χ4n) is 2.64. The summed E-state index contributed by atoms with van der Waals surface area (Å²) in [6, 6.07) is 0. The van der Waals surface area contributed by atoms with Crippen molar-refractivity contribution in [2.45, 2.75) is 66.2 Å². The maximum atomic E-state index is 2.45. The Morgan fingerprint density at radius 2 is 1.54 bits per heavy atom. The third-order valence-corrected chi connectivity index (χ3v) is 4.40. The van der Waals surface area contributed by atoms with E-state index in [4.69, 9.17) is 0 Å². The Bertz CT molecular complexity index is 140. The Balaban J connectivity index is 2.42. The molecule has 1 aliphatic rings. The van der Waals surface area contributed by atoms with E-state index in [1.54, 1.807) is 0 Å². The van der Waals surface area contributed by atoms with Gasteiger partial charge in [-0.1, -0.05) is 47.0 Å². The molecule has 78 valence electrons. The molecular weight excluding hydrogens is 156 g/mol. The van der Waals surface area contributed by atoms with Crippen LogP contribution < -0.4 is 0 Å². The van der Waals surface area contributed by atoms with Crippen LogP contribution in [-0.2, 0) is 0 Å². The molecule has 0 bridgehead atoms. The molecule has 0 radical (unpaired) electrons. The molecule has 0 aromatic rings. The van der Waals surface area contributed by atoms with E-state index in [0.29, 0.717) is 0 Å². The molecule has 0 saturated heterocycles. The summed E-state index contributed by atoms with van der Waals surface area (Å²) < 4.78 is 0. The molecule has 0 nitrogen and oxygen atoms in total. The highest BCUT2D eigenvalue weighted by molar-refractivity contribution is 4.97. The molecule has 0 aromatic heterocycles. The van der Waals surface area contributed by atoms with Crippen molar-refractivity contribution in [1.29, 1.82) is 0 Å². The quantitative estimate of drug-likeness (QED) is 0.561. The van der Waals surface area contributed by atoms with E-state index < -0.39 is 0 Å². The molecule has 13 heavy (non-hydrogen) atoms. The summed E-state index contributed by atoms with van der Waals surface area (Å²) in [6.07, 6.45) is 8.68. The minimum Gasteiger partial charge on any atom is -0.0651 e. The molecule has 1 saturated carbocycles. The summed E-state index contributed by atoms with van der Waals surface area (Å²) in [6.45, 7) is 9.49. The Labute approximate surface area is 84.1 Å². The molecular formula is C13H26. The van der Waals surface area contributed by atoms with E-state index in [1.807, 2.05) is 0 Å². The molecule has 0 aromatic carbocycles. The van der Waals surface area contributed by atoms with Gasteiger partial charge in [-0.2, -0.15) is 0 Å². The zero-order valence-corrected chi connectivity index (χ0v) is 9.90. The first kappa shape index (κ1) is 11.1. The van der Waals surface area contributed by atoms with Crippen LogP contribution in [0.25, 0.3) is 0 Å². The molecule has 1 atom stereocenters. The largest absolute Gasteiger partial charge is 0.0651 e. The van der Waals surface area contributed by atoms with Crippen LogP contribution >= 0.6 is 0 Å². The third kappa shape index (κ3) is 2.48. The van der Waals surface area contributed by atoms with Gasteiger partial charge >= 0.3 is 0 Å². The lowest BCUT2D eigenvalue weighted by molar-refractivity contribution is 0.243. The van der Waals surface area contributed by atoms with Gasteiger partial charge in [-0.3, -0.25) is 0 Å². The first-order valence-corrected chi connectivity index (χ1v) is 6.18. The fourth-order valence-corrected chi connectivity index (χ4v) is 2.64. The molecule has 0 heterocycles. The van der Waals surface area contributed by atoms with Crippen molar-refractivity contribution in [3.63, 3.8) is 0 Å². The van der Waals surface area contributed by atoms with Crippen LogP contribution in [0.2, 0.25) is 0 Å². The molecule has 0 aliphatic heterocycles. The Morgan fingerprint density at radius 3 is 1.85 bits per heavy atom. The molecule has 0 spiro atoms. The molecule has 1 unspecified atom stereocenters. The predicted octanol–water partition coefficient (Wildman–Crippen LogP) is 4.64. The smallest absolute Gasteiger partial charge is 0.0269 e. The highest BCUT2D eigenvalue weighted by Crippen LogP contribution is 2.57. The van der Waals surface area contributed by atoms with Crippen molar-refractivity contribution >= 4 is 0 Å². The van der Waals surface area contributed by atoms with Gasteiger partial charge < -0.3 is 0 Å². The van der Waals surface area contributed by atoms with Gasteiger partial charge in [0.25, 0.3) is 0 Å². The van der Waals surface area contributed by atoms with Gasteiger partial charge in [0.1, 0.15) is 0 Å². The summed E-state index contributed by atoms with van der Waals surface area (Å²) in [5.74, 6) is 1.96. The summed E-state index contributed by atoms with van der Waals surface area (Å²) in [5, 5.41) is 0. The predicted molar refractivity (Wildman–Crippen MR) is 59.8 cm³/mol. The van der Waals surface area contributed by atoms with E-state index in [0.717, 1.165) is 17.3 Å². The van der Waals surface area contributed by atoms with E-state index in [-0.39, 0.29) is 0 Å². The number of hydrogen-bond acceptors (Lipinski definition) is 0. The van der Waals surface area contributed by atoms with E-state index >= 15 is 0 Å². The van der Waals surface area contributed by atoms with Crippen molar-refractivity contribution in [3.05, 3.63) is 0 Å². The normalized spacial score (nSPS) is 21.9. The molecule has 0 N–H and O–H groups in total. The first-order chi connectivity index (χ1) is 6.18. The van der Waals surface area contributed by atoms with E-state index in [1.165, 1.54) is 38.5 Å². The third-order valence-electron chi connectivity index (χ3n) is 4.40. The van der Waals surface area contributed by atoms with Crippen LogP contribution in [0.5, 0.6) is 0 Å². The lowest BCUT2D eigenvalue weighted by atomic mass is 9.79. The summed E-state index contributed by atoms with van der Waals surface area (Å²) in [7, 11) is 0. The van der Waals surface area contributed by atoms with Crippen LogP contribution in [0.4, 0.5) is 0 Å². The van der Waals surface area contributed by atoms with Gasteiger partial charge in [-0.05, 0) is 36.5 Å². The summed E-state index contributed by atoms with van der Waals surface area (Å²) in [5.41, 5.74) is 0.783. The monoisotopic (exact) mass is 182 g/mol. The maximum Gasteiger partial charge on any atom is -0.0269 e. The summed E-state index contributed by atoms with van der Waals surface area (Å²) in [4.78, 5) is 0. The zero-order valence-electron chi connectivity index (χ0n) is 9.90. The molecule has 1 fully saturated rings. The maximum absolute atomic E-state index is 2.45. The van der Waals surface area contributed by atoms with Gasteiger partial charge in [-0.15, -0.1) is 0 Å². The molecule has 0 heteroatoms. The van der Waals surface area contributed by atoms with E-state index in [2.05, 4.69) is 27.7 Å². The van der Waals surface area contributed by atoms with Gasteiger partial charge in [0.15, 0.2) is 0 Å². The highest BCUT2D eigenvalue weighted by atomic mass is 14.5. The van der Waals surface area contributed by atoms with Crippen molar-refractivity contribution in [2.75, 3.05) is 0 Å². The van der Waals surface area contributed by atoms with Crippen LogP contribution in [0, 0.1) is 17.3 Å². The number of hydrogen-bond donors (Lipinski definition) is 0. The van der Waals surface area contributed by atoms with Gasteiger partial charge in [0, 0.05) is 0 Å². The van der Waals surface area contributed by atoms with Crippen molar-refractivity contribution in [2.24, 2.45) is 17.3 Å². The van der Waals surface area contributed by atoms with Gasteiger partial charge in [0.2, 0.25) is 0 Å². The Hall–Kier alpha value is 0. The second-order valence-electron chi connectivity index (χ2n) is 5.06. The van der Waals surface area contributed by atoms with Crippen LogP contribution in [0.1, 0.15) is 66.2 Å². The fraction of sp³-hybridized carbons (Fsp3) is 1.00. The first-order valence-electron chi connectivity index (χ1n) is 6.18. The topological polar surface area (TPSA) is 0 Å². The van der Waals surface area contributed by atoms with Crippen LogP contribution in [-0.4, -0.2) is 0 Å². The Morgan fingerprint density at radius 1 is 1.00 bits per heavy atom. The number of rotatable bonds is 6. The average molecular weight is 182 g/mol. The van der Waals surface area contributed by atoms with Crippen LogP contribution in [0.3, 0.4) is 0 Å². The second kappa shape index (κ2) is 4.48. The molecule has 1 rings (SSSR count). The van der Waals surface area contributed by atoms with Crippen molar-refractivity contribution in [3.8, 4) is 0 Å². The standard InChI is InChI=1S/C13H26/c1-5-11(4)13(8-9-13)10-12(6-2)7-3/h11-12H,5-10H2,1-4H3. The van der Waals surface area contributed by atoms with Gasteiger partial charge in [0.05, 0.1) is 0 Å². The minimum atomic E-state index is 0.783. The molecule has 1 aliphatic carbocycles. The lowest BCUT2D eigenvalue weighted by Crippen LogP contribution is -2.16. The van der Waals surface area contributed by atoms with Crippen molar-refractivity contribution < 1.29 is 0 Å². The minimum absolute atomic E-state index is 0.783. The highest BCUT2D eigenvalue weighted by Gasteiger charge is 2.46. The Kier molecular flexibility index (Phi) is 3.82. The zero-order chi connectivity index (χ0) is 9.90. The SMILES string of the molecule is CCC(CC)CC1(C(C)CC)CC1. The lowest BCUT2D eigenvalue weighted by Gasteiger charge is -2.26. The molecule has 0 amide bonds. The second-order valence-corrected chi connectivity index (χ2v) is 5.06. The van der Waals surface area contributed by atoms with Crippen LogP contribution in [0.15, 0.2) is 0 Å². The average Bonchev–Trinajstić information content (AvgIpc) is 2.94. The van der Waals surface area contributed by atoms with Gasteiger partial charge in [-0.25, -0.2) is 0 Å². The summed E-state index contributed by atoms with van der Waals surface area (Å²) >= 11 is 0.